The second-order valence-electron chi connectivity index (χ2n) is 6.93. The van der Waals surface area contributed by atoms with Crippen LogP contribution in [0.2, 0.25) is 0 Å². The average Bonchev–Trinajstić information content (AvgIpc) is 3.20. The first-order valence-electron chi connectivity index (χ1n) is 9.24. The maximum absolute atomic E-state index is 13.9. The molecule has 0 saturated heterocycles. The van der Waals surface area contributed by atoms with Gasteiger partial charge in [0.15, 0.2) is 0 Å². The highest BCUT2D eigenvalue weighted by atomic mass is 19.1. The van der Waals surface area contributed by atoms with E-state index < -0.39 is 23.6 Å². The summed E-state index contributed by atoms with van der Waals surface area (Å²) in [5.74, 6) is -1.84. The molecule has 29 heavy (non-hydrogen) atoms. The molecule has 0 fully saturated rings. The second kappa shape index (κ2) is 7.87. The van der Waals surface area contributed by atoms with Gasteiger partial charge in [-0.1, -0.05) is 30.3 Å². The van der Waals surface area contributed by atoms with Gasteiger partial charge in [-0.25, -0.2) is 8.78 Å². The highest BCUT2D eigenvalue weighted by Gasteiger charge is 2.36. The summed E-state index contributed by atoms with van der Waals surface area (Å²) in [6, 6.07) is 15.2. The van der Waals surface area contributed by atoms with Crippen LogP contribution in [-0.4, -0.2) is 27.3 Å². The third-order valence-electron chi connectivity index (χ3n) is 5.01. The van der Waals surface area contributed by atoms with Gasteiger partial charge in [-0.05, 0) is 35.9 Å². The van der Waals surface area contributed by atoms with E-state index in [1.54, 1.807) is 22.9 Å². The Morgan fingerprint density at radius 2 is 1.86 bits per heavy atom. The number of halogens is 2. The molecule has 2 aromatic carbocycles. The van der Waals surface area contributed by atoms with E-state index in [-0.39, 0.29) is 24.6 Å². The van der Waals surface area contributed by atoms with Crippen molar-refractivity contribution in [2.45, 2.75) is 25.7 Å². The van der Waals surface area contributed by atoms with Crippen LogP contribution in [0.5, 0.6) is 0 Å². The van der Waals surface area contributed by atoms with E-state index >= 15 is 0 Å². The monoisotopic (exact) mass is 395 g/mol. The molecule has 0 spiro atoms. The molecule has 2 heterocycles. The molecule has 1 aromatic heterocycles. The van der Waals surface area contributed by atoms with Crippen LogP contribution >= 0.6 is 0 Å². The van der Waals surface area contributed by atoms with E-state index in [9.17, 15) is 18.4 Å². The van der Waals surface area contributed by atoms with Crippen LogP contribution in [0.3, 0.4) is 0 Å². The van der Waals surface area contributed by atoms with Crippen LogP contribution in [0.15, 0.2) is 66.9 Å². The molecule has 3 aromatic rings. The van der Waals surface area contributed by atoms with Crippen molar-refractivity contribution in [1.82, 2.24) is 14.8 Å². The van der Waals surface area contributed by atoms with Crippen molar-refractivity contribution in [2.75, 3.05) is 0 Å². The minimum Gasteiger partial charge on any atom is -0.350 e. The molecule has 5 nitrogen and oxygen atoms in total. The van der Waals surface area contributed by atoms with Crippen LogP contribution in [0.25, 0.3) is 0 Å². The average molecular weight is 395 g/mol. The Balaban J connectivity index is 1.56. The standard InChI is InChI=1S/C22H19F2N3O2/c23-17-8-9-18(24)16(11-17)12-25-21(28)20-14-26-10-4-7-19(26)22(29)27(20)13-15-5-2-1-3-6-15/h1-11,20H,12-14H2,(H,25,28). The number of aromatic nitrogens is 1. The highest BCUT2D eigenvalue weighted by molar-refractivity contribution is 5.97. The maximum atomic E-state index is 13.9. The van der Waals surface area contributed by atoms with Crippen LogP contribution in [0.4, 0.5) is 8.78 Å². The summed E-state index contributed by atoms with van der Waals surface area (Å²) < 4.78 is 29.0. The fourth-order valence-corrected chi connectivity index (χ4v) is 3.51. The van der Waals surface area contributed by atoms with Crippen molar-refractivity contribution in [3.05, 3.63) is 95.3 Å². The number of nitrogens with zero attached hydrogens (tertiary/aromatic N) is 2. The molecule has 2 amide bonds. The van der Waals surface area contributed by atoms with Crippen LogP contribution in [0.1, 0.15) is 21.6 Å². The van der Waals surface area contributed by atoms with Crippen molar-refractivity contribution in [2.24, 2.45) is 0 Å². The Morgan fingerprint density at radius 3 is 2.66 bits per heavy atom. The third-order valence-corrected chi connectivity index (χ3v) is 5.01. The van der Waals surface area contributed by atoms with Gasteiger partial charge in [0.05, 0.1) is 6.54 Å². The summed E-state index contributed by atoms with van der Waals surface area (Å²) in [5.41, 5.74) is 1.47. The molecule has 148 valence electrons. The molecule has 1 unspecified atom stereocenters. The summed E-state index contributed by atoms with van der Waals surface area (Å²) in [6.07, 6.45) is 1.75. The van der Waals surface area contributed by atoms with Crippen molar-refractivity contribution in [3.63, 3.8) is 0 Å². The first kappa shape index (κ1) is 18.9. The smallest absolute Gasteiger partial charge is 0.271 e. The Hall–Kier alpha value is -3.48. The quantitative estimate of drug-likeness (QED) is 0.722. The van der Waals surface area contributed by atoms with Gasteiger partial charge in [0.1, 0.15) is 23.4 Å². The van der Waals surface area contributed by atoms with Crippen molar-refractivity contribution < 1.29 is 18.4 Å². The predicted molar refractivity (Wildman–Crippen MR) is 103 cm³/mol. The number of nitrogens with one attached hydrogen (secondary N) is 1. The second-order valence-corrected chi connectivity index (χ2v) is 6.93. The molecule has 0 saturated carbocycles. The molecular formula is C22H19F2N3O2. The van der Waals surface area contributed by atoms with E-state index in [1.165, 1.54) is 4.90 Å². The molecule has 1 aliphatic heterocycles. The van der Waals surface area contributed by atoms with Crippen molar-refractivity contribution >= 4 is 11.8 Å². The van der Waals surface area contributed by atoms with E-state index in [0.717, 1.165) is 23.8 Å². The van der Waals surface area contributed by atoms with Crippen LogP contribution in [-0.2, 0) is 24.4 Å². The van der Waals surface area contributed by atoms with Gasteiger partial charge in [0.2, 0.25) is 5.91 Å². The number of hydrogen-bond acceptors (Lipinski definition) is 2. The van der Waals surface area contributed by atoms with Crippen molar-refractivity contribution in [3.8, 4) is 0 Å². The molecule has 7 heteroatoms. The number of hydrogen-bond donors (Lipinski definition) is 1. The lowest BCUT2D eigenvalue weighted by molar-refractivity contribution is -0.126. The lowest BCUT2D eigenvalue weighted by Gasteiger charge is -2.35. The molecule has 0 aliphatic carbocycles. The Morgan fingerprint density at radius 1 is 1.07 bits per heavy atom. The highest BCUT2D eigenvalue weighted by Crippen LogP contribution is 2.21. The molecule has 0 radical (unpaired) electrons. The van der Waals surface area contributed by atoms with Gasteiger partial charge in [-0.15, -0.1) is 0 Å². The molecular weight excluding hydrogens is 376 g/mol. The summed E-state index contributed by atoms with van der Waals surface area (Å²) in [7, 11) is 0. The molecule has 1 aliphatic rings. The van der Waals surface area contributed by atoms with Gasteiger partial charge in [0, 0.05) is 24.8 Å². The maximum Gasteiger partial charge on any atom is 0.271 e. The Labute approximate surface area is 166 Å². The summed E-state index contributed by atoms with van der Waals surface area (Å²) in [5, 5.41) is 2.64. The number of carbonyl (C=O) groups is 2. The summed E-state index contributed by atoms with van der Waals surface area (Å²) in [4.78, 5) is 27.4. The lowest BCUT2D eigenvalue weighted by atomic mass is 10.1. The zero-order valence-electron chi connectivity index (χ0n) is 15.5. The van der Waals surface area contributed by atoms with Gasteiger partial charge in [-0.2, -0.15) is 0 Å². The fraction of sp³-hybridized carbons (Fsp3) is 0.182. The zero-order chi connectivity index (χ0) is 20.4. The normalized spacial score (nSPS) is 15.9. The van der Waals surface area contributed by atoms with Crippen molar-refractivity contribution in [1.29, 1.82) is 0 Å². The van der Waals surface area contributed by atoms with Gasteiger partial charge in [0.25, 0.3) is 5.91 Å². The van der Waals surface area contributed by atoms with Gasteiger partial charge < -0.3 is 14.8 Å². The first-order valence-corrected chi connectivity index (χ1v) is 9.24. The number of rotatable bonds is 5. The van der Waals surface area contributed by atoms with Gasteiger partial charge >= 0.3 is 0 Å². The molecule has 4 rings (SSSR count). The number of fused-ring (bicyclic) bond motifs is 1. The largest absolute Gasteiger partial charge is 0.350 e. The van der Waals surface area contributed by atoms with Crippen LogP contribution < -0.4 is 5.32 Å². The summed E-state index contributed by atoms with van der Waals surface area (Å²) >= 11 is 0. The third kappa shape index (κ3) is 3.89. The van der Waals surface area contributed by atoms with E-state index in [0.29, 0.717) is 12.2 Å². The molecule has 0 bridgehead atoms. The summed E-state index contributed by atoms with van der Waals surface area (Å²) in [6.45, 7) is 0.403. The Kier molecular flexibility index (Phi) is 5.12. The minimum atomic E-state index is -0.765. The number of benzene rings is 2. The zero-order valence-corrected chi connectivity index (χ0v) is 15.5. The lowest BCUT2D eigenvalue weighted by Crippen LogP contribution is -2.54. The van der Waals surface area contributed by atoms with E-state index in [1.807, 2.05) is 30.3 Å². The van der Waals surface area contributed by atoms with Crippen LogP contribution in [0, 0.1) is 11.6 Å². The molecule has 1 N–H and O–H groups in total. The Bertz CT molecular complexity index is 1050. The topological polar surface area (TPSA) is 54.3 Å². The predicted octanol–water partition coefficient (Wildman–Crippen LogP) is 3.11. The minimum absolute atomic E-state index is 0.0525. The number of amides is 2. The first-order chi connectivity index (χ1) is 14.0. The fourth-order valence-electron chi connectivity index (χ4n) is 3.51. The SMILES string of the molecule is O=C(NCc1cc(F)ccc1F)C1Cn2cccc2C(=O)N1Cc1ccccc1. The van der Waals surface area contributed by atoms with E-state index in [4.69, 9.17) is 0 Å². The van der Waals surface area contributed by atoms with E-state index in [2.05, 4.69) is 5.32 Å². The van der Waals surface area contributed by atoms with Gasteiger partial charge in [-0.3, -0.25) is 9.59 Å². The molecule has 1 atom stereocenters. The number of carbonyl (C=O) groups excluding carboxylic acids is 2.